The molecule has 0 N–H and O–H groups in total. The van der Waals surface area contributed by atoms with Crippen molar-refractivity contribution in [2.24, 2.45) is 0 Å². The van der Waals surface area contributed by atoms with Gasteiger partial charge in [-0.15, -0.1) is 6.58 Å². The van der Waals surface area contributed by atoms with Crippen LogP contribution in [0.1, 0.15) is 19.4 Å². The molecule has 1 aromatic rings. The van der Waals surface area contributed by atoms with E-state index >= 15 is 0 Å². The van der Waals surface area contributed by atoms with E-state index in [-0.39, 0.29) is 5.41 Å². The highest BCUT2D eigenvalue weighted by Gasteiger charge is 2.15. The van der Waals surface area contributed by atoms with E-state index in [0.29, 0.717) is 0 Å². The highest BCUT2D eigenvalue weighted by atomic mass is 16.5. The van der Waals surface area contributed by atoms with Gasteiger partial charge >= 0.3 is 0 Å². The van der Waals surface area contributed by atoms with Crippen LogP contribution in [0.3, 0.4) is 0 Å². The number of methoxy groups -OCH3 is 1. The van der Waals surface area contributed by atoms with Crippen molar-refractivity contribution in [2.75, 3.05) is 7.11 Å². The van der Waals surface area contributed by atoms with E-state index in [0.717, 1.165) is 5.75 Å². The summed E-state index contributed by atoms with van der Waals surface area (Å²) in [5, 5.41) is 0. The molecule has 0 amide bonds. The van der Waals surface area contributed by atoms with Crippen molar-refractivity contribution in [1.82, 2.24) is 0 Å². The Morgan fingerprint density at radius 3 is 2.15 bits per heavy atom. The third-order valence-corrected chi connectivity index (χ3v) is 2.34. The molecule has 0 fully saturated rings. The van der Waals surface area contributed by atoms with Crippen LogP contribution < -0.4 is 4.74 Å². The molecule has 0 aliphatic heterocycles. The Labute approximate surface area is 80.0 Å². The van der Waals surface area contributed by atoms with Crippen LogP contribution in [0.5, 0.6) is 5.75 Å². The third-order valence-electron chi connectivity index (χ3n) is 2.34. The van der Waals surface area contributed by atoms with Gasteiger partial charge in [0.2, 0.25) is 0 Å². The van der Waals surface area contributed by atoms with Crippen molar-refractivity contribution in [2.45, 2.75) is 19.3 Å². The molecule has 1 heteroatoms. The number of ether oxygens (including phenoxy) is 1. The van der Waals surface area contributed by atoms with Crippen LogP contribution in [0.2, 0.25) is 0 Å². The summed E-state index contributed by atoms with van der Waals surface area (Å²) in [5.74, 6) is 0.892. The molecule has 13 heavy (non-hydrogen) atoms. The maximum Gasteiger partial charge on any atom is 0.118 e. The van der Waals surface area contributed by atoms with Crippen LogP contribution in [-0.2, 0) is 5.41 Å². The lowest BCUT2D eigenvalue weighted by molar-refractivity contribution is 0.414. The van der Waals surface area contributed by atoms with Crippen LogP contribution >= 0.6 is 0 Å². The molecule has 0 saturated carbocycles. The highest BCUT2D eigenvalue weighted by molar-refractivity contribution is 5.33. The maximum atomic E-state index is 5.09. The number of allylic oxidation sites excluding steroid dienone is 1. The molecule has 0 bridgehead atoms. The number of hydrogen-bond acceptors (Lipinski definition) is 1. The molecule has 1 rings (SSSR count). The van der Waals surface area contributed by atoms with Gasteiger partial charge in [0, 0.05) is 5.41 Å². The van der Waals surface area contributed by atoms with Crippen molar-refractivity contribution in [1.29, 1.82) is 0 Å². The second-order valence-corrected chi connectivity index (χ2v) is 3.65. The Hall–Kier alpha value is -1.24. The Bertz CT molecular complexity index is 282. The lowest BCUT2D eigenvalue weighted by Gasteiger charge is -2.20. The zero-order valence-electron chi connectivity index (χ0n) is 8.50. The zero-order valence-corrected chi connectivity index (χ0v) is 8.50. The predicted octanol–water partition coefficient (Wildman–Crippen LogP) is 3.16. The Kier molecular flexibility index (Phi) is 2.76. The average Bonchev–Trinajstić information content (AvgIpc) is 2.18. The first-order chi connectivity index (χ1) is 6.10. The van der Waals surface area contributed by atoms with E-state index in [2.05, 4.69) is 32.6 Å². The van der Waals surface area contributed by atoms with E-state index in [1.165, 1.54) is 5.56 Å². The van der Waals surface area contributed by atoms with Gasteiger partial charge in [-0.25, -0.2) is 0 Å². The second-order valence-electron chi connectivity index (χ2n) is 3.65. The van der Waals surface area contributed by atoms with Crippen LogP contribution in [0.25, 0.3) is 0 Å². The molecule has 0 spiro atoms. The minimum Gasteiger partial charge on any atom is -0.497 e. The molecular weight excluding hydrogens is 160 g/mol. The molecule has 0 aliphatic carbocycles. The van der Waals surface area contributed by atoms with Gasteiger partial charge < -0.3 is 4.74 Å². The topological polar surface area (TPSA) is 9.23 Å². The fourth-order valence-electron chi connectivity index (χ4n) is 1.14. The number of benzene rings is 1. The van der Waals surface area contributed by atoms with Crippen molar-refractivity contribution < 1.29 is 4.74 Å². The van der Waals surface area contributed by atoms with Gasteiger partial charge in [-0.3, -0.25) is 0 Å². The Morgan fingerprint density at radius 1 is 1.23 bits per heavy atom. The summed E-state index contributed by atoms with van der Waals surface area (Å²) in [7, 11) is 1.67. The molecule has 0 radical (unpaired) electrons. The standard InChI is InChI=1S/C12H16O/c1-5-12(2,3)10-6-8-11(13-4)9-7-10/h5-9H,1H2,2-4H3. The highest BCUT2D eigenvalue weighted by Crippen LogP contribution is 2.25. The van der Waals surface area contributed by atoms with Crippen molar-refractivity contribution >= 4 is 0 Å². The lowest BCUT2D eigenvalue weighted by atomic mass is 9.85. The summed E-state index contributed by atoms with van der Waals surface area (Å²) in [4.78, 5) is 0. The first-order valence-electron chi connectivity index (χ1n) is 4.38. The van der Waals surface area contributed by atoms with Crippen LogP contribution in [0.4, 0.5) is 0 Å². The van der Waals surface area contributed by atoms with E-state index < -0.39 is 0 Å². The van der Waals surface area contributed by atoms with Gasteiger partial charge in [0.25, 0.3) is 0 Å². The minimum absolute atomic E-state index is 0.0340. The second kappa shape index (κ2) is 3.65. The predicted molar refractivity (Wildman–Crippen MR) is 56.2 cm³/mol. The minimum atomic E-state index is 0.0340. The van der Waals surface area contributed by atoms with Gasteiger partial charge in [0.05, 0.1) is 7.11 Å². The number of hydrogen-bond donors (Lipinski definition) is 0. The van der Waals surface area contributed by atoms with Gasteiger partial charge in [-0.2, -0.15) is 0 Å². The molecular formula is C12H16O. The lowest BCUT2D eigenvalue weighted by Crippen LogP contribution is -2.12. The summed E-state index contributed by atoms with van der Waals surface area (Å²) >= 11 is 0. The van der Waals surface area contributed by atoms with E-state index in [1.807, 2.05) is 18.2 Å². The van der Waals surface area contributed by atoms with E-state index in [1.54, 1.807) is 7.11 Å². The fraction of sp³-hybridized carbons (Fsp3) is 0.333. The van der Waals surface area contributed by atoms with Crippen LogP contribution in [-0.4, -0.2) is 7.11 Å². The molecule has 0 aliphatic rings. The fourth-order valence-corrected chi connectivity index (χ4v) is 1.14. The van der Waals surface area contributed by atoms with Crippen molar-refractivity contribution in [3.05, 3.63) is 42.5 Å². The molecule has 0 atom stereocenters. The summed E-state index contributed by atoms with van der Waals surface area (Å²) in [6.07, 6.45) is 1.95. The molecule has 0 unspecified atom stereocenters. The third kappa shape index (κ3) is 2.11. The first-order valence-corrected chi connectivity index (χ1v) is 4.38. The first kappa shape index (κ1) is 9.85. The zero-order chi connectivity index (χ0) is 9.90. The van der Waals surface area contributed by atoms with Crippen molar-refractivity contribution in [3.8, 4) is 5.75 Å². The summed E-state index contributed by atoms with van der Waals surface area (Å²) in [6.45, 7) is 8.10. The summed E-state index contributed by atoms with van der Waals surface area (Å²) < 4.78 is 5.09. The monoisotopic (exact) mass is 176 g/mol. The van der Waals surface area contributed by atoms with Gasteiger partial charge in [0.15, 0.2) is 0 Å². The molecule has 1 nitrogen and oxygen atoms in total. The van der Waals surface area contributed by atoms with Gasteiger partial charge in [0.1, 0.15) is 5.75 Å². The largest absolute Gasteiger partial charge is 0.497 e. The van der Waals surface area contributed by atoms with Crippen molar-refractivity contribution in [3.63, 3.8) is 0 Å². The van der Waals surface area contributed by atoms with Gasteiger partial charge in [-0.1, -0.05) is 32.1 Å². The molecule has 70 valence electrons. The molecule has 0 saturated heterocycles. The molecule has 0 heterocycles. The SMILES string of the molecule is C=CC(C)(C)c1ccc(OC)cc1. The molecule has 1 aromatic carbocycles. The molecule has 0 aromatic heterocycles. The average molecular weight is 176 g/mol. The number of rotatable bonds is 3. The summed E-state index contributed by atoms with van der Waals surface area (Å²) in [6, 6.07) is 8.09. The Balaban J connectivity index is 2.98. The van der Waals surface area contributed by atoms with E-state index in [9.17, 15) is 0 Å². The quantitative estimate of drug-likeness (QED) is 0.643. The van der Waals surface area contributed by atoms with Crippen LogP contribution in [0.15, 0.2) is 36.9 Å². The van der Waals surface area contributed by atoms with Gasteiger partial charge in [-0.05, 0) is 17.7 Å². The normalized spacial score (nSPS) is 11.0. The van der Waals surface area contributed by atoms with Crippen LogP contribution in [0, 0.1) is 0 Å². The van der Waals surface area contributed by atoms with E-state index in [4.69, 9.17) is 4.74 Å². The smallest absolute Gasteiger partial charge is 0.118 e. The Morgan fingerprint density at radius 2 is 1.77 bits per heavy atom. The summed E-state index contributed by atoms with van der Waals surface area (Å²) in [5.41, 5.74) is 1.29. The maximum absolute atomic E-state index is 5.09.